The van der Waals surface area contributed by atoms with Gasteiger partial charge in [0.15, 0.2) is 18.2 Å². The number of hydrogen-bond acceptors (Lipinski definition) is 9. The van der Waals surface area contributed by atoms with Crippen LogP contribution in [-0.2, 0) is 4.79 Å². The predicted molar refractivity (Wildman–Crippen MR) is 185 cm³/mol. The smallest absolute Gasteiger partial charge is 0.315 e. The summed E-state index contributed by atoms with van der Waals surface area (Å²) in [6.45, 7) is 7.37. The van der Waals surface area contributed by atoms with Gasteiger partial charge in [-0.1, -0.05) is 44.2 Å². The summed E-state index contributed by atoms with van der Waals surface area (Å²) in [6, 6.07) is 22.3. The van der Waals surface area contributed by atoms with Crippen LogP contribution in [0.3, 0.4) is 0 Å². The van der Waals surface area contributed by atoms with Crippen LogP contribution in [0.25, 0.3) is 22.3 Å². The van der Waals surface area contributed by atoms with Crippen LogP contribution in [0.2, 0.25) is 0 Å². The van der Waals surface area contributed by atoms with E-state index in [1.165, 1.54) is 23.0 Å². The lowest BCUT2D eigenvalue weighted by Gasteiger charge is -2.17. The molecule has 0 aliphatic carbocycles. The number of amides is 1. The summed E-state index contributed by atoms with van der Waals surface area (Å²) < 4.78 is 18.1. The Morgan fingerprint density at radius 3 is 2.46 bits per heavy atom. The summed E-state index contributed by atoms with van der Waals surface area (Å²) in [7, 11) is 1.61. The molecule has 1 amide bonds. The van der Waals surface area contributed by atoms with Crippen molar-refractivity contribution < 1.29 is 23.9 Å². The number of nitrogens with zero attached hydrogens (tertiary/aromatic N) is 4. The lowest BCUT2D eigenvalue weighted by atomic mass is 9.96. The predicted octanol–water partition coefficient (Wildman–Crippen LogP) is 6.71. The highest BCUT2D eigenvalue weighted by Gasteiger charge is 2.24. The zero-order valence-electron chi connectivity index (χ0n) is 27.2. The Balaban J connectivity index is 1.58. The third-order valence-corrected chi connectivity index (χ3v) is 7.47. The fourth-order valence-corrected chi connectivity index (χ4v) is 5.18. The number of carbonyl (C=O) groups excluding carboxylic acids is 1. The van der Waals surface area contributed by atoms with Crippen LogP contribution in [0.4, 0.5) is 11.4 Å². The molecule has 0 saturated carbocycles. The monoisotopic (exact) mass is 649 g/mol. The molecule has 246 valence electrons. The second kappa shape index (κ2) is 14.6. The van der Waals surface area contributed by atoms with Crippen molar-refractivity contribution in [2.75, 3.05) is 25.6 Å². The van der Waals surface area contributed by atoms with Crippen LogP contribution < -0.4 is 25.1 Å². The number of carbonyl (C=O) groups is 1. The average Bonchev–Trinajstić information content (AvgIpc) is 3.07. The third kappa shape index (κ3) is 7.17. The first-order valence-corrected chi connectivity index (χ1v) is 15.3. The first-order valence-electron chi connectivity index (χ1n) is 15.3. The minimum atomic E-state index is -0.631. The Hall–Kier alpha value is -6.04. The Kier molecular flexibility index (Phi) is 10.1. The molecule has 1 N–H and O–H groups in total. The van der Waals surface area contributed by atoms with Crippen molar-refractivity contribution in [2.45, 2.75) is 33.6 Å². The molecule has 0 bridgehead atoms. The van der Waals surface area contributed by atoms with Crippen molar-refractivity contribution >= 4 is 34.4 Å². The summed E-state index contributed by atoms with van der Waals surface area (Å²) in [5.41, 5.74) is 2.88. The normalized spacial score (nSPS) is 11.2. The van der Waals surface area contributed by atoms with Crippen LogP contribution in [0.1, 0.15) is 43.4 Å². The number of nitrogens with one attached hydrogen (secondary N) is 1. The van der Waals surface area contributed by atoms with Crippen molar-refractivity contribution in [3.63, 3.8) is 0 Å². The Bertz CT molecular complexity index is 2070. The number of ether oxygens (including phenoxy) is 3. The second-order valence-electron chi connectivity index (χ2n) is 11.1. The maximum Gasteiger partial charge on any atom is 0.315 e. The Labute approximate surface area is 276 Å². The highest BCUT2D eigenvalue weighted by molar-refractivity contribution is 5.92. The lowest BCUT2D eigenvalue weighted by Crippen LogP contribution is -2.21. The van der Waals surface area contributed by atoms with Gasteiger partial charge in [0.2, 0.25) is 5.75 Å². The molecule has 0 spiro atoms. The minimum absolute atomic E-state index is 0.0393. The number of anilines is 1. The number of fused-ring (bicyclic) bond motifs is 1. The van der Waals surface area contributed by atoms with E-state index < -0.39 is 28.7 Å². The first-order chi connectivity index (χ1) is 23.1. The summed E-state index contributed by atoms with van der Waals surface area (Å²) in [5, 5.41) is 19.8. The molecule has 0 aliphatic rings. The quantitative estimate of drug-likeness (QED) is 0.0891. The van der Waals surface area contributed by atoms with E-state index >= 15 is 0 Å². The highest BCUT2D eigenvalue weighted by Crippen LogP contribution is 2.39. The number of aryl methyl sites for hydroxylation is 1. The van der Waals surface area contributed by atoms with Gasteiger partial charge < -0.3 is 19.5 Å². The minimum Gasteiger partial charge on any atom is -0.496 e. The van der Waals surface area contributed by atoms with Gasteiger partial charge in [-0.2, -0.15) is 9.78 Å². The van der Waals surface area contributed by atoms with Crippen LogP contribution >= 0.6 is 0 Å². The fourth-order valence-electron chi connectivity index (χ4n) is 5.18. The van der Waals surface area contributed by atoms with Crippen molar-refractivity contribution in [3.05, 3.63) is 116 Å². The van der Waals surface area contributed by atoms with Gasteiger partial charge in [0.25, 0.3) is 11.5 Å². The molecular formula is C36H35N5O7. The van der Waals surface area contributed by atoms with E-state index in [2.05, 4.69) is 10.4 Å². The zero-order valence-corrected chi connectivity index (χ0v) is 27.2. The molecule has 0 atom stereocenters. The average molecular weight is 650 g/mol. The summed E-state index contributed by atoms with van der Waals surface area (Å²) >= 11 is 0. The molecule has 12 heteroatoms. The molecule has 5 aromatic rings. The van der Waals surface area contributed by atoms with Gasteiger partial charge in [0.1, 0.15) is 5.75 Å². The van der Waals surface area contributed by atoms with E-state index in [9.17, 15) is 19.7 Å². The molecule has 0 saturated heterocycles. The molecule has 12 nitrogen and oxygen atoms in total. The Morgan fingerprint density at radius 2 is 1.77 bits per heavy atom. The van der Waals surface area contributed by atoms with Gasteiger partial charge in [0, 0.05) is 22.9 Å². The van der Waals surface area contributed by atoms with E-state index in [-0.39, 0.29) is 29.6 Å². The van der Waals surface area contributed by atoms with Gasteiger partial charge >= 0.3 is 5.69 Å². The first kappa shape index (κ1) is 33.3. The molecule has 0 aliphatic heterocycles. The maximum atomic E-state index is 13.9. The SMILES string of the molecule is CCOc1cc(C=Nn2c(-c3cc(C(C)C)c(OC)cc3C)nc3ccccc3c2=O)cc([N+](=O)[O-])c1OCC(=O)Nc1ccccc1. The van der Waals surface area contributed by atoms with Gasteiger partial charge in [-0.25, -0.2) is 4.98 Å². The number of rotatable bonds is 12. The van der Waals surface area contributed by atoms with Gasteiger partial charge in [-0.3, -0.25) is 19.7 Å². The number of benzene rings is 4. The number of nitro benzene ring substituents is 1. The number of methoxy groups -OCH3 is 1. The van der Waals surface area contributed by atoms with Crippen LogP contribution in [0.15, 0.2) is 88.8 Å². The molecule has 0 radical (unpaired) electrons. The molecule has 5 rings (SSSR count). The fraction of sp³-hybridized carbons (Fsp3) is 0.222. The van der Waals surface area contributed by atoms with Crippen molar-refractivity contribution in [2.24, 2.45) is 5.10 Å². The summed E-state index contributed by atoms with van der Waals surface area (Å²) in [6.07, 6.45) is 1.32. The molecule has 4 aromatic carbocycles. The summed E-state index contributed by atoms with van der Waals surface area (Å²) in [5.74, 6) is 0.459. The molecule has 1 heterocycles. The Morgan fingerprint density at radius 1 is 1.04 bits per heavy atom. The van der Waals surface area contributed by atoms with Crippen LogP contribution in [0, 0.1) is 17.0 Å². The van der Waals surface area contributed by atoms with Gasteiger partial charge in [-0.05, 0) is 73.4 Å². The number of nitro groups is 1. The summed E-state index contributed by atoms with van der Waals surface area (Å²) in [4.78, 5) is 42.8. The second-order valence-corrected chi connectivity index (χ2v) is 11.1. The standard InChI is InChI=1S/C36H35N5O7/c1-6-47-32-18-24(17-30(41(44)45)34(32)48-21-33(42)38-25-12-8-7-9-13-25)20-37-40-35(39-29-15-11-10-14-26(29)36(40)43)28-19-27(22(2)3)31(46-5)16-23(28)4/h7-20,22H,6,21H2,1-5H3,(H,38,42). The molecule has 48 heavy (non-hydrogen) atoms. The van der Waals surface area contributed by atoms with E-state index in [0.29, 0.717) is 28.0 Å². The van der Waals surface area contributed by atoms with Gasteiger partial charge in [-0.15, -0.1) is 0 Å². The topological polar surface area (TPSA) is 147 Å². The van der Waals surface area contributed by atoms with E-state index in [4.69, 9.17) is 19.2 Å². The lowest BCUT2D eigenvalue weighted by molar-refractivity contribution is -0.385. The largest absolute Gasteiger partial charge is 0.496 e. The molecule has 0 unspecified atom stereocenters. The third-order valence-electron chi connectivity index (χ3n) is 7.47. The number of para-hydroxylation sites is 2. The molecule has 0 fully saturated rings. The van der Waals surface area contributed by atoms with Crippen molar-refractivity contribution in [1.82, 2.24) is 9.66 Å². The maximum absolute atomic E-state index is 13.9. The van der Waals surface area contributed by atoms with Crippen molar-refractivity contribution in [1.29, 1.82) is 0 Å². The van der Waals surface area contributed by atoms with E-state index in [0.717, 1.165) is 16.9 Å². The van der Waals surface area contributed by atoms with Crippen molar-refractivity contribution in [3.8, 4) is 28.6 Å². The van der Waals surface area contributed by atoms with Gasteiger partial charge in [0.05, 0.1) is 35.8 Å². The van der Waals surface area contributed by atoms with Crippen LogP contribution in [-0.4, -0.2) is 47.0 Å². The van der Waals surface area contributed by atoms with E-state index in [1.807, 2.05) is 39.0 Å². The van der Waals surface area contributed by atoms with Crippen LogP contribution in [0.5, 0.6) is 17.2 Å². The molecular weight excluding hydrogens is 614 g/mol. The van der Waals surface area contributed by atoms with E-state index in [1.54, 1.807) is 62.6 Å². The number of aromatic nitrogens is 2. The highest BCUT2D eigenvalue weighted by atomic mass is 16.6. The molecule has 1 aromatic heterocycles. The zero-order chi connectivity index (χ0) is 34.4. The number of hydrogen-bond donors (Lipinski definition) is 1.